The molecule has 0 spiro atoms. The lowest BCUT2D eigenvalue weighted by atomic mass is 10.1. The van der Waals surface area contributed by atoms with Crippen LogP contribution in [-0.4, -0.2) is 45.3 Å². The smallest absolute Gasteiger partial charge is 0.237 e. The number of hydrogen-bond acceptors (Lipinski definition) is 5. The van der Waals surface area contributed by atoms with Crippen molar-refractivity contribution in [3.05, 3.63) is 48.5 Å². The van der Waals surface area contributed by atoms with Gasteiger partial charge in [-0.3, -0.25) is 4.79 Å². The van der Waals surface area contributed by atoms with Gasteiger partial charge in [-0.05, 0) is 62.4 Å². The second-order valence-electron chi connectivity index (χ2n) is 9.25. The van der Waals surface area contributed by atoms with E-state index in [9.17, 15) is 13.2 Å². The third-order valence-electron chi connectivity index (χ3n) is 5.84. The number of ether oxygens (including phenoxy) is 1. The fraction of sp³-hybridized carbons (Fsp3) is 0.500. The zero-order valence-corrected chi connectivity index (χ0v) is 20.7. The summed E-state index contributed by atoms with van der Waals surface area (Å²) in [4.78, 5) is 13.3. The molecule has 6 nitrogen and oxygen atoms in total. The van der Waals surface area contributed by atoms with E-state index in [0.717, 1.165) is 18.5 Å². The molecule has 33 heavy (non-hydrogen) atoms. The molecule has 3 rings (SSSR count). The number of carbonyl (C=O) groups is 1. The molecule has 0 saturated heterocycles. The Labute approximate surface area is 198 Å². The first-order valence-electron chi connectivity index (χ1n) is 11.8. The predicted molar refractivity (Wildman–Crippen MR) is 132 cm³/mol. The molecule has 7 heteroatoms. The van der Waals surface area contributed by atoms with Crippen LogP contribution in [-0.2, 0) is 14.6 Å². The first-order chi connectivity index (χ1) is 15.8. The molecule has 2 bridgehead atoms. The Kier molecular flexibility index (Phi) is 8.92. The molecule has 2 atom stereocenters. The van der Waals surface area contributed by atoms with E-state index in [4.69, 9.17) is 4.74 Å². The Bertz CT molecular complexity index is 1040. The zero-order valence-electron chi connectivity index (χ0n) is 19.8. The van der Waals surface area contributed by atoms with Crippen LogP contribution in [0, 0.1) is 5.92 Å². The third kappa shape index (κ3) is 7.30. The summed E-state index contributed by atoms with van der Waals surface area (Å²) in [5.74, 6) is 1.17. The van der Waals surface area contributed by atoms with Gasteiger partial charge in [0.25, 0.3) is 0 Å². The van der Waals surface area contributed by atoms with E-state index in [1.807, 2.05) is 43.3 Å². The maximum absolute atomic E-state index is 13.2. The average molecular weight is 473 g/mol. The summed E-state index contributed by atoms with van der Waals surface area (Å²) in [6.07, 6.45) is 2.72. The van der Waals surface area contributed by atoms with Gasteiger partial charge in [0.2, 0.25) is 5.91 Å². The second-order valence-corrected chi connectivity index (χ2v) is 11.3. The lowest BCUT2D eigenvalue weighted by Gasteiger charge is -2.22. The lowest BCUT2D eigenvalue weighted by molar-refractivity contribution is -0.124. The molecule has 0 fully saturated rings. The van der Waals surface area contributed by atoms with Crippen LogP contribution in [0.15, 0.2) is 53.4 Å². The minimum atomic E-state index is -3.47. The number of fused-ring (bicyclic) bond motifs is 4. The zero-order chi connectivity index (χ0) is 23.8. The molecule has 2 aromatic carbocycles. The molecule has 2 aromatic rings. The highest BCUT2D eigenvalue weighted by atomic mass is 32.2. The first kappa shape index (κ1) is 25.2. The van der Waals surface area contributed by atoms with E-state index in [2.05, 4.69) is 24.5 Å². The van der Waals surface area contributed by atoms with Crippen molar-refractivity contribution in [2.24, 2.45) is 5.92 Å². The molecule has 0 aliphatic carbocycles. The second kappa shape index (κ2) is 11.7. The molecular formula is C26H36N2O4S. The SMILES string of the molecule is CC(C)CCN[C@H]1CCCCS(=O)(=O)c2ccccc2-c2cccc(c2)OC[C@@H](C)NC1=O. The predicted octanol–water partition coefficient (Wildman–Crippen LogP) is 4.20. The van der Waals surface area contributed by atoms with Crippen LogP contribution in [0.25, 0.3) is 11.1 Å². The van der Waals surface area contributed by atoms with E-state index in [0.29, 0.717) is 48.0 Å². The summed E-state index contributed by atoms with van der Waals surface area (Å²) in [5, 5.41) is 6.41. The van der Waals surface area contributed by atoms with Crippen molar-refractivity contribution in [3.63, 3.8) is 0 Å². The Balaban J connectivity index is 1.86. The van der Waals surface area contributed by atoms with Crippen molar-refractivity contribution in [3.8, 4) is 16.9 Å². The summed E-state index contributed by atoms with van der Waals surface area (Å²) >= 11 is 0. The number of nitrogens with one attached hydrogen (secondary N) is 2. The molecule has 1 amide bonds. The molecule has 1 heterocycles. The van der Waals surface area contributed by atoms with Crippen LogP contribution in [0.5, 0.6) is 5.75 Å². The maximum atomic E-state index is 13.2. The van der Waals surface area contributed by atoms with Crippen molar-refractivity contribution in [2.45, 2.75) is 63.4 Å². The van der Waals surface area contributed by atoms with Crippen LogP contribution in [0.2, 0.25) is 0 Å². The number of amides is 1. The van der Waals surface area contributed by atoms with E-state index in [1.165, 1.54) is 0 Å². The minimum absolute atomic E-state index is 0.0525. The Morgan fingerprint density at radius 2 is 1.91 bits per heavy atom. The van der Waals surface area contributed by atoms with Crippen LogP contribution in [0.4, 0.5) is 0 Å². The van der Waals surface area contributed by atoms with Gasteiger partial charge in [-0.15, -0.1) is 0 Å². The van der Waals surface area contributed by atoms with Gasteiger partial charge in [-0.1, -0.05) is 50.6 Å². The summed E-state index contributed by atoms with van der Waals surface area (Å²) < 4.78 is 32.3. The standard InChI is InChI=1S/C26H36N2O4S/c1-19(2)14-15-27-24-12-6-7-16-33(30,31)25-13-5-4-11-23(25)21-9-8-10-22(17-21)32-18-20(3)28-26(24)29/h4-5,8-11,13,17,19-20,24,27H,6-7,12,14-16,18H2,1-3H3,(H,28,29)/t20-,24+/m1/s1. The molecule has 2 N–H and O–H groups in total. The first-order valence-corrected chi connectivity index (χ1v) is 13.5. The minimum Gasteiger partial charge on any atom is -0.491 e. The van der Waals surface area contributed by atoms with Crippen molar-refractivity contribution >= 4 is 15.7 Å². The van der Waals surface area contributed by atoms with Crippen LogP contribution >= 0.6 is 0 Å². The molecule has 0 unspecified atom stereocenters. The lowest BCUT2D eigenvalue weighted by Crippen LogP contribution is -2.48. The van der Waals surface area contributed by atoms with Crippen molar-refractivity contribution in [1.29, 1.82) is 0 Å². The molecule has 1 aliphatic rings. The fourth-order valence-corrected chi connectivity index (χ4v) is 5.57. The maximum Gasteiger partial charge on any atom is 0.237 e. The summed E-state index contributed by atoms with van der Waals surface area (Å²) in [6.45, 7) is 7.31. The fourth-order valence-electron chi connectivity index (χ4n) is 3.96. The van der Waals surface area contributed by atoms with Gasteiger partial charge in [-0.25, -0.2) is 8.42 Å². The Morgan fingerprint density at radius 3 is 2.70 bits per heavy atom. The summed E-state index contributed by atoms with van der Waals surface area (Å²) in [5.41, 5.74) is 1.48. The van der Waals surface area contributed by atoms with Gasteiger partial charge in [0.05, 0.1) is 22.7 Å². The highest BCUT2D eigenvalue weighted by molar-refractivity contribution is 7.91. The number of benzene rings is 2. The summed E-state index contributed by atoms with van der Waals surface area (Å²) in [6, 6.07) is 14.1. The Hall–Kier alpha value is -2.38. The molecule has 0 aromatic heterocycles. The van der Waals surface area contributed by atoms with Crippen molar-refractivity contribution in [1.82, 2.24) is 10.6 Å². The highest BCUT2D eigenvalue weighted by Crippen LogP contribution is 2.31. The largest absolute Gasteiger partial charge is 0.491 e. The molecular weight excluding hydrogens is 436 g/mol. The molecule has 0 saturated carbocycles. The van der Waals surface area contributed by atoms with Gasteiger partial charge >= 0.3 is 0 Å². The third-order valence-corrected chi connectivity index (χ3v) is 7.69. The van der Waals surface area contributed by atoms with E-state index in [1.54, 1.807) is 12.1 Å². The molecule has 180 valence electrons. The molecule has 1 aliphatic heterocycles. The van der Waals surface area contributed by atoms with Gasteiger partial charge in [0, 0.05) is 5.56 Å². The molecule has 0 radical (unpaired) electrons. The van der Waals surface area contributed by atoms with Gasteiger partial charge in [0.1, 0.15) is 12.4 Å². The monoisotopic (exact) mass is 472 g/mol. The number of sulfone groups is 1. The van der Waals surface area contributed by atoms with E-state index >= 15 is 0 Å². The van der Waals surface area contributed by atoms with Crippen LogP contribution in [0.1, 0.15) is 46.5 Å². The van der Waals surface area contributed by atoms with Crippen LogP contribution < -0.4 is 15.4 Å². The van der Waals surface area contributed by atoms with E-state index < -0.39 is 9.84 Å². The average Bonchev–Trinajstić information content (AvgIpc) is 2.78. The topological polar surface area (TPSA) is 84.5 Å². The van der Waals surface area contributed by atoms with Crippen molar-refractivity contribution in [2.75, 3.05) is 18.9 Å². The quantitative estimate of drug-likeness (QED) is 0.697. The Morgan fingerprint density at radius 1 is 1.12 bits per heavy atom. The summed E-state index contributed by atoms with van der Waals surface area (Å²) in [7, 11) is -3.47. The normalized spacial score (nSPS) is 21.6. The number of rotatable bonds is 4. The van der Waals surface area contributed by atoms with Crippen LogP contribution in [0.3, 0.4) is 0 Å². The van der Waals surface area contributed by atoms with Crippen molar-refractivity contribution < 1.29 is 17.9 Å². The van der Waals surface area contributed by atoms with E-state index in [-0.39, 0.29) is 23.7 Å². The van der Waals surface area contributed by atoms with Gasteiger partial charge in [-0.2, -0.15) is 0 Å². The number of hydrogen-bond donors (Lipinski definition) is 2. The number of carbonyl (C=O) groups excluding carboxylic acids is 1. The highest BCUT2D eigenvalue weighted by Gasteiger charge is 2.23. The van der Waals surface area contributed by atoms with Gasteiger partial charge in [0.15, 0.2) is 9.84 Å². The van der Waals surface area contributed by atoms with Gasteiger partial charge < -0.3 is 15.4 Å².